The molecule has 1 aliphatic carbocycles. The van der Waals surface area contributed by atoms with Gasteiger partial charge in [0.05, 0.1) is 0 Å². The van der Waals surface area contributed by atoms with Crippen molar-refractivity contribution >= 4 is 0 Å². The fourth-order valence-electron chi connectivity index (χ4n) is 3.84. The zero-order valence-corrected chi connectivity index (χ0v) is 15.3. The Hall–Kier alpha value is -0.0400. The monoisotopic (exact) mass is 281 g/mol. The number of piperidine rings is 1. The average molecular weight is 282 g/mol. The van der Waals surface area contributed by atoms with Crippen LogP contribution in [0.5, 0.6) is 0 Å². The van der Waals surface area contributed by atoms with Crippen LogP contribution in [0.1, 0.15) is 87.0 Å². The van der Waals surface area contributed by atoms with Gasteiger partial charge in [-0.2, -0.15) is 0 Å². The summed E-state index contributed by atoms with van der Waals surface area (Å²) in [7, 11) is 0. The van der Waals surface area contributed by atoms with Crippen LogP contribution in [0.4, 0.5) is 0 Å². The molecule has 20 heavy (non-hydrogen) atoms. The second-order valence-electron chi connectivity index (χ2n) is 8.77. The van der Waals surface area contributed by atoms with Crippen molar-refractivity contribution in [3.8, 4) is 0 Å². The van der Waals surface area contributed by atoms with Crippen molar-refractivity contribution in [3.05, 3.63) is 0 Å². The van der Waals surface area contributed by atoms with Gasteiger partial charge < -0.3 is 0 Å². The number of hydrogen-bond donors (Lipinski definition) is 0. The Morgan fingerprint density at radius 1 is 1.05 bits per heavy atom. The summed E-state index contributed by atoms with van der Waals surface area (Å²) in [6.45, 7) is 19.2. The van der Waals surface area contributed by atoms with E-state index in [1.165, 1.54) is 51.6 Å². The van der Waals surface area contributed by atoms with Gasteiger partial charge >= 0.3 is 0 Å². The quantitative estimate of drug-likeness (QED) is 0.592. The van der Waals surface area contributed by atoms with Crippen LogP contribution in [0.3, 0.4) is 0 Å². The van der Waals surface area contributed by atoms with Crippen molar-refractivity contribution in [3.63, 3.8) is 0 Å². The number of nitrogens with zero attached hydrogens (tertiary/aromatic N) is 1. The van der Waals surface area contributed by atoms with Crippen molar-refractivity contribution in [2.45, 2.75) is 93.0 Å². The molecule has 1 heterocycles. The molecule has 0 aromatic heterocycles. The smallest absolute Gasteiger partial charge is 0.0101 e. The zero-order chi connectivity index (χ0) is 15.4. The maximum Gasteiger partial charge on any atom is 0.0101 e. The van der Waals surface area contributed by atoms with E-state index in [4.69, 9.17) is 0 Å². The summed E-state index contributed by atoms with van der Waals surface area (Å²) < 4.78 is 0. The number of rotatable bonds is 1. The lowest BCUT2D eigenvalue weighted by Crippen LogP contribution is -2.49. The topological polar surface area (TPSA) is 3.24 Å². The van der Waals surface area contributed by atoms with E-state index in [9.17, 15) is 0 Å². The molecule has 0 amide bonds. The summed E-state index contributed by atoms with van der Waals surface area (Å²) >= 11 is 0. The Bertz CT molecular complexity index is 279. The first kappa shape index (κ1) is 18.0. The molecule has 1 aliphatic heterocycles. The molecule has 2 aliphatic rings. The summed E-state index contributed by atoms with van der Waals surface area (Å²) in [6.07, 6.45) is 8.33. The minimum absolute atomic E-state index is 0.546. The molecule has 1 nitrogen and oxygen atoms in total. The molecule has 0 aromatic rings. The summed E-state index contributed by atoms with van der Waals surface area (Å²) in [5.41, 5.74) is 1.09. The highest BCUT2D eigenvalue weighted by atomic mass is 15.2. The molecule has 0 N–H and O–H groups in total. The highest BCUT2D eigenvalue weighted by Gasteiger charge is 2.38. The lowest BCUT2D eigenvalue weighted by atomic mass is 9.67. The van der Waals surface area contributed by atoms with E-state index in [0.29, 0.717) is 10.8 Å². The fraction of sp³-hybridized carbons (Fsp3) is 1.00. The van der Waals surface area contributed by atoms with E-state index in [1.54, 1.807) is 0 Å². The van der Waals surface area contributed by atoms with Crippen LogP contribution >= 0.6 is 0 Å². The molecule has 120 valence electrons. The molecule has 2 rings (SSSR count). The predicted molar refractivity (Wildman–Crippen MR) is 91.1 cm³/mol. The van der Waals surface area contributed by atoms with Gasteiger partial charge in [0.2, 0.25) is 0 Å². The maximum absolute atomic E-state index is 2.80. The Labute approximate surface area is 128 Å². The summed E-state index contributed by atoms with van der Waals surface area (Å²) in [6, 6.07) is 0.862. The average Bonchev–Trinajstić information content (AvgIpc) is 2.32. The summed E-state index contributed by atoms with van der Waals surface area (Å²) in [5.74, 6) is 0.900. The van der Waals surface area contributed by atoms with Gasteiger partial charge in [0.1, 0.15) is 0 Å². The van der Waals surface area contributed by atoms with Gasteiger partial charge in [-0.3, -0.25) is 4.90 Å². The number of hydrogen-bond acceptors (Lipinski definition) is 1. The van der Waals surface area contributed by atoms with Crippen LogP contribution < -0.4 is 0 Å². The third-order valence-corrected chi connectivity index (χ3v) is 5.48. The first-order chi connectivity index (χ1) is 9.22. The molecule has 0 radical (unpaired) electrons. The standard InChI is InChI=1S/C16H31N.C3H8/c1-13-7-8-14(11-16(13,4)5)17-10-6-9-15(2,3)12-17;1-3-2/h13-14H,6-12H2,1-5H3;3H2,1-2H3/t13-,14+;/m1./s1. The molecule has 0 spiro atoms. The van der Waals surface area contributed by atoms with Crippen molar-refractivity contribution in [1.29, 1.82) is 0 Å². The molecule has 1 saturated carbocycles. The van der Waals surface area contributed by atoms with Crippen LogP contribution in [0.25, 0.3) is 0 Å². The van der Waals surface area contributed by atoms with Crippen molar-refractivity contribution in [1.82, 2.24) is 4.90 Å². The molecule has 2 atom stereocenters. The van der Waals surface area contributed by atoms with Crippen molar-refractivity contribution < 1.29 is 0 Å². The maximum atomic E-state index is 2.80. The molecular weight excluding hydrogens is 242 g/mol. The van der Waals surface area contributed by atoms with Crippen LogP contribution in [-0.2, 0) is 0 Å². The van der Waals surface area contributed by atoms with E-state index in [0.717, 1.165) is 12.0 Å². The van der Waals surface area contributed by atoms with Gasteiger partial charge in [-0.15, -0.1) is 0 Å². The molecule has 2 fully saturated rings. The minimum atomic E-state index is 0.546. The van der Waals surface area contributed by atoms with E-state index < -0.39 is 0 Å². The van der Waals surface area contributed by atoms with Crippen LogP contribution in [0.15, 0.2) is 0 Å². The van der Waals surface area contributed by atoms with Crippen LogP contribution in [-0.4, -0.2) is 24.0 Å². The van der Waals surface area contributed by atoms with E-state index >= 15 is 0 Å². The molecular formula is C19H39N. The lowest BCUT2D eigenvalue weighted by Gasteiger charge is -2.48. The largest absolute Gasteiger partial charge is 0.300 e. The van der Waals surface area contributed by atoms with Crippen molar-refractivity contribution in [2.75, 3.05) is 13.1 Å². The number of likely N-dealkylation sites (tertiary alicyclic amines) is 1. The van der Waals surface area contributed by atoms with Gasteiger partial charge in [0.15, 0.2) is 0 Å². The lowest BCUT2D eigenvalue weighted by molar-refractivity contribution is 0.0134. The zero-order valence-electron chi connectivity index (χ0n) is 15.3. The third-order valence-electron chi connectivity index (χ3n) is 5.48. The molecule has 0 bridgehead atoms. The summed E-state index contributed by atoms with van der Waals surface area (Å²) in [5, 5.41) is 0. The second-order valence-corrected chi connectivity index (χ2v) is 8.77. The SMILES string of the molecule is CCC.C[C@@H]1CC[C@H](N2CCCC(C)(C)C2)CC1(C)C. The first-order valence-corrected chi connectivity index (χ1v) is 8.96. The van der Waals surface area contributed by atoms with E-state index in [1.807, 2.05) is 0 Å². The second kappa shape index (κ2) is 7.29. The fourth-order valence-corrected chi connectivity index (χ4v) is 3.84. The molecule has 0 unspecified atom stereocenters. The van der Waals surface area contributed by atoms with Gasteiger partial charge in [-0.1, -0.05) is 54.9 Å². The van der Waals surface area contributed by atoms with E-state index in [2.05, 4.69) is 53.4 Å². The van der Waals surface area contributed by atoms with Gasteiger partial charge in [-0.25, -0.2) is 0 Å². The van der Waals surface area contributed by atoms with Crippen LogP contribution in [0, 0.1) is 16.7 Å². The van der Waals surface area contributed by atoms with E-state index in [-0.39, 0.29) is 0 Å². The van der Waals surface area contributed by atoms with Gasteiger partial charge in [0, 0.05) is 12.6 Å². The Morgan fingerprint density at radius 2 is 1.65 bits per heavy atom. The van der Waals surface area contributed by atoms with Crippen molar-refractivity contribution in [2.24, 2.45) is 16.7 Å². The highest BCUT2D eigenvalue weighted by Crippen LogP contribution is 2.43. The van der Waals surface area contributed by atoms with Gasteiger partial charge in [-0.05, 0) is 55.4 Å². The highest BCUT2D eigenvalue weighted by molar-refractivity contribution is 4.91. The molecule has 1 saturated heterocycles. The summed E-state index contributed by atoms with van der Waals surface area (Å²) in [4.78, 5) is 2.80. The minimum Gasteiger partial charge on any atom is -0.300 e. The third kappa shape index (κ3) is 5.06. The molecule has 1 heteroatoms. The predicted octanol–water partition coefficient (Wildman–Crippen LogP) is 5.74. The Balaban J connectivity index is 0.000000612. The Kier molecular flexibility index (Phi) is 6.57. The first-order valence-electron chi connectivity index (χ1n) is 8.96. The molecule has 0 aromatic carbocycles. The van der Waals surface area contributed by atoms with Gasteiger partial charge in [0.25, 0.3) is 0 Å². The normalized spacial score (nSPS) is 33.1. The van der Waals surface area contributed by atoms with Crippen LogP contribution in [0.2, 0.25) is 0 Å². The Morgan fingerprint density at radius 3 is 2.15 bits per heavy atom.